The summed E-state index contributed by atoms with van der Waals surface area (Å²) < 4.78 is 1.92. The molecule has 0 fully saturated rings. The first-order valence-corrected chi connectivity index (χ1v) is 5.42. The second-order valence-corrected chi connectivity index (χ2v) is 4.39. The molecule has 0 unspecified atom stereocenters. The highest BCUT2D eigenvalue weighted by atomic mass is 35.5. The van der Waals surface area contributed by atoms with E-state index in [2.05, 4.69) is 0 Å². The Bertz CT molecular complexity index is 557. The van der Waals surface area contributed by atoms with Crippen LogP contribution in [0.25, 0.3) is 10.9 Å². The molecule has 1 aromatic heterocycles. The number of carbonyl (C=O) groups is 1. The molecule has 3 nitrogen and oxygen atoms in total. The number of hydrogen-bond donors (Lipinski definition) is 1. The van der Waals surface area contributed by atoms with Crippen LogP contribution in [0, 0.1) is 0 Å². The van der Waals surface area contributed by atoms with E-state index in [4.69, 9.17) is 16.7 Å². The van der Waals surface area contributed by atoms with E-state index in [1.807, 2.05) is 30.5 Å². The number of hydrogen-bond acceptors (Lipinski definition) is 1. The van der Waals surface area contributed by atoms with Crippen LogP contribution in [-0.2, 0) is 0 Å². The van der Waals surface area contributed by atoms with Gasteiger partial charge in [0.15, 0.2) is 0 Å². The molecule has 0 atom stereocenters. The third kappa shape index (κ3) is 1.57. The monoisotopic (exact) mass is 237 g/mol. The van der Waals surface area contributed by atoms with Gasteiger partial charge in [0.1, 0.15) is 0 Å². The van der Waals surface area contributed by atoms with Crippen molar-refractivity contribution < 1.29 is 9.90 Å². The number of carboxylic acid groups (broad SMARTS) is 1. The number of halogens is 1. The Kier molecular flexibility index (Phi) is 2.64. The summed E-state index contributed by atoms with van der Waals surface area (Å²) in [5.41, 5.74) is 1.12. The molecule has 1 aromatic carbocycles. The van der Waals surface area contributed by atoms with E-state index < -0.39 is 5.97 Å². The maximum Gasteiger partial charge on any atom is 0.337 e. The van der Waals surface area contributed by atoms with Crippen molar-refractivity contribution >= 4 is 28.5 Å². The highest BCUT2D eigenvalue weighted by molar-refractivity contribution is 6.36. The average Bonchev–Trinajstić information content (AvgIpc) is 2.58. The number of aromatic carboxylic acids is 1. The second-order valence-electron chi connectivity index (χ2n) is 3.98. The molecule has 0 saturated heterocycles. The van der Waals surface area contributed by atoms with Gasteiger partial charge in [-0.3, -0.25) is 0 Å². The summed E-state index contributed by atoms with van der Waals surface area (Å²) in [6, 6.07) is 5.62. The summed E-state index contributed by atoms with van der Waals surface area (Å²) in [7, 11) is 0. The van der Waals surface area contributed by atoms with Crippen LogP contribution in [0.2, 0.25) is 5.02 Å². The molecule has 0 aliphatic heterocycles. The van der Waals surface area contributed by atoms with Gasteiger partial charge in [0.05, 0.1) is 16.1 Å². The zero-order valence-corrected chi connectivity index (χ0v) is 9.82. The van der Waals surface area contributed by atoms with Crippen molar-refractivity contribution in [2.24, 2.45) is 0 Å². The molecule has 0 saturated carbocycles. The largest absolute Gasteiger partial charge is 0.478 e. The zero-order valence-electron chi connectivity index (χ0n) is 9.07. The zero-order chi connectivity index (χ0) is 11.9. The molecule has 2 rings (SSSR count). The Balaban J connectivity index is 2.87. The minimum atomic E-state index is -0.947. The van der Waals surface area contributed by atoms with Crippen LogP contribution in [0.15, 0.2) is 24.4 Å². The lowest BCUT2D eigenvalue weighted by molar-refractivity contribution is 0.0699. The lowest BCUT2D eigenvalue weighted by atomic mass is 10.2. The molecule has 0 spiro atoms. The van der Waals surface area contributed by atoms with E-state index in [1.54, 1.807) is 12.3 Å². The summed E-state index contributed by atoms with van der Waals surface area (Å²) in [5.74, 6) is -0.947. The van der Waals surface area contributed by atoms with Crippen molar-refractivity contribution in [2.45, 2.75) is 19.9 Å². The van der Waals surface area contributed by atoms with Crippen molar-refractivity contribution in [2.75, 3.05) is 0 Å². The molecule has 16 heavy (non-hydrogen) atoms. The molecule has 2 aromatic rings. The molecular weight excluding hydrogens is 226 g/mol. The van der Waals surface area contributed by atoms with E-state index in [-0.39, 0.29) is 11.6 Å². The van der Waals surface area contributed by atoms with Crippen molar-refractivity contribution in [1.82, 2.24) is 4.57 Å². The molecule has 0 bridgehead atoms. The number of nitrogens with zero attached hydrogens (tertiary/aromatic N) is 1. The van der Waals surface area contributed by atoms with Crippen molar-refractivity contribution in [1.29, 1.82) is 0 Å². The molecule has 0 aliphatic carbocycles. The van der Waals surface area contributed by atoms with Gasteiger partial charge in [-0.2, -0.15) is 0 Å². The van der Waals surface area contributed by atoms with Gasteiger partial charge in [0.2, 0.25) is 0 Å². The van der Waals surface area contributed by atoms with Gasteiger partial charge in [0, 0.05) is 17.6 Å². The Morgan fingerprint density at radius 3 is 2.69 bits per heavy atom. The van der Waals surface area contributed by atoms with Crippen LogP contribution in [0.4, 0.5) is 0 Å². The minimum absolute atomic E-state index is 0.203. The topological polar surface area (TPSA) is 42.2 Å². The van der Waals surface area contributed by atoms with Crippen LogP contribution < -0.4 is 0 Å². The van der Waals surface area contributed by atoms with Gasteiger partial charge in [0.25, 0.3) is 0 Å². The van der Waals surface area contributed by atoms with Crippen LogP contribution >= 0.6 is 11.6 Å². The number of fused-ring (bicyclic) bond motifs is 1. The highest BCUT2D eigenvalue weighted by Gasteiger charge is 2.17. The average molecular weight is 238 g/mol. The SMILES string of the molecule is CC(C)n1cc(C(=O)O)c2c(Cl)cccc21. The summed E-state index contributed by atoms with van der Waals surface area (Å²) in [6.45, 7) is 4.01. The number of carboxylic acids is 1. The minimum Gasteiger partial charge on any atom is -0.478 e. The standard InChI is InChI=1S/C12H12ClNO2/c1-7(2)14-6-8(12(15)16)11-9(13)4-3-5-10(11)14/h3-7H,1-2H3,(H,15,16). The van der Waals surface area contributed by atoms with E-state index in [9.17, 15) is 4.79 Å². The van der Waals surface area contributed by atoms with Gasteiger partial charge < -0.3 is 9.67 Å². The van der Waals surface area contributed by atoms with Crippen molar-refractivity contribution in [3.63, 3.8) is 0 Å². The summed E-state index contributed by atoms with van der Waals surface area (Å²) in [5, 5.41) is 10.2. The Labute approximate surface area is 98.3 Å². The lowest BCUT2D eigenvalue weighted by Gasteiger charge is -2.08. The van der Waals surface area contributed by atoms with Gasteiger partial charge >= 0.3 is 5.97 Å². The van der Waals surface area contributed by atoms with Gasteiger partial charge in [-0.25, -0.2) is 4.79 Å². The third-order valence-electron chi connectivity index (χ3n) is 2.59. The lowest BCUT2D eigenvalue weighted by Crippen LogP contribution is -1.98. The van der Waals surface area contributed by atoms with Crippen molar-refractivity contribution in [3.05, 3.63) is 35.0 Å². The molecule has 1 heterocycles. The van der Waals surface area contributed by atoms with E-state index in [0.29, 0.717) is 10.4 Å². The number of rotatable bonds is 2. The fourth-order valence-corrected chi connectivity index (χ4v) is 2.13. The molecule has 4 heteroatoms. The summed E-state index contributed by atoms with van der Waals surface area (Å²) in [6.07, 6.45) is 1.64. The fourth-order valence-electron chi connectivity index (χ4n) is 1.86. The van der Waals surface area contributed by atoms with E-state index in [1.165, 1.54) is 0 Å². The quantitative estimate of drug-likeness (QED) is 0.868. The molecule has 0 aliphatic rings. The van der Waals surface area contributed by atoms with E-state index >= 15 is 0 Å². The molecule has 1 N–H and O–H groups in total. The van der Waals surface area contributed by atoms with Crippen LogP contribution in [-0.4, -0.2) is 15.6 Å². The molecule has 0 radical (unpaired) electrons. The maximum atomic E-state index is 11.1. The van der Waals surface area contributed by atoms with E-state index in [0.717, 1.165) is 5.52 Å². The molecule has 0 amide bonds. The third-order valence-corrected chi connectivity index (χ3v) is 2.91. The van der Waals surface area contributed by atoms with Gasteiger partial charge in [-0.05, 0) is 26.0 Å². The highest BCUT2D eigenvalue weighted by Crippen LogP contribution is 2.30. The first-order valence-electron chi connectivity index (χ1n) is 5.04. The van der Waals surface area contributed by atoms with Crippen LogP contribution in [0.5, 0.6) is 0 Å². The second kappa shape index (κ2) is 3.83. The normalized spacial score (nSPS) is 11.2. The predicted octanol–water partition coefficient (Wildman–Crippen LogP) is 3.57. The number of benzene rings is 1. The van der Waals surface area contributed by atoms with Gasteiger partial charge in [-0.1, -0.05) is 17.7 Å². The van der Waals surface area contributed by atoms with Crippen LogP contribution in [0.3, 0.4) is 0 Å². The molecular formula is C12H12ClNO2. The first kappa shape index (κ1) is 11.0. The van der Waals surface area contributed by atoms with Crippen LogP contribution in [0.1, 0.15) is 30.2 Å². The van der Waals surface area contributed by atoms with Crippen molar-refractivity contribution in [3.8, 4) is 0 Å². The maximum absolute atomic E-state index is 11.1. The van der Waals surface area contributed by atoms with Gasteiger partial charge in [-0.15, -0.1) is 0 Å². The Hall–Kier alpha value is -1.48. The first-order chi connectivity index (χ1) is 7.52. The summed E-state index contributed by atoms with van der Waals surface area (Å²) in [4.78, 5) is 11.1. The predicted molar refractivity (Wildman–Crippen MR) is 64.3 cm³/mol. The smallest absolute Gasteiger partial charge is 0.337 e. The Morgan fingerprint density at radius 1 is 1.44 bits per heavy atom. The molecule has 84 valence electrons. The summed E-state index contributed by atoms with van der Waals surface area (Å²) >= 11 is 6.05. The number of aromatic nitrogens is 1. The Morgan fingerprint density at radius 2 is 2.12 bits per heavy atom. The fraction of sp³-hybridized carbons (Fsp3) is 0.250.